The molecule has 1 fully saturated rings. The number of amides is 1. The van der Waals surface area contributed by atoms with E-state index >= 15 is 0 Å². The first-order chi connectivity index (χ1) is 9.33. The van der Waals surface area contributed by atoms with Crippen molar-refractivity contribution in [2.45, 2.75) is 0 Å². The van der Waals surface area contributed by atoms with Gasteiger partial charge in [-0.2, -0.15) is 0 Å². The van der Waals surface area contributed by atoms with Gasteiger partial charge in [0.15, 0.2) is 0 Å². The van der Waals surface area contributed by atoms with Crippen LogP contribution in [0.25, 0.3) is 5.69 Å². The molecule has 0 bridgehead atoms. The molecular formula is C13H16ClN5O. The second kappa shape index (κ2) is 6.49. The summed E-state index contributed by atoms with van der Waals surface area (Å²) in [4.78, 5) is 11.9. The van der Waals surface area contributed by atoms with E-state index < -0.39 is 0 Å². The first-order valence-electron chi connectivity index (χ1n) is 6.27. The molecule has 0 spiro atoms. The van der Waals surface area contributed by atoms with Crippen LogP contribution >= 0.6 is 12.4 Å². The molecule has 20 heavy (non-hydrogen) atoms. The van der Waals surface area contributed by atoms with Crippen LogP contribution in [0.5, 0.6) is 0 Å². The summed E-state index contributed by atoms with van der Waals surface area (Å²) in [7, 11) is 0. The zero-order chi connectivity index (χ0) is 13.1. The van der Waals surface area contributed by atoms with Gasteiger partial charge in [-0.05, 0) is 24.3 Å². The standard InChI is InChI=1S/C13H15N5O.ClH/c19-13(15-7-10-5-14-6-10)11-1-3-12(4-2-11)18-8-16-17-9-18;/h1-4,8-10,14H,5-7H2,(H,15,19);1H. The fourth-order valence-corrected chi connectivity index (χ4v) is 1.95. The van der Waals surface area contributed by atoms with Crippen molar-refractivity contribution in [3.05, 3.63) is 42.5 Å². The summed E-state index contributed by atoms with van der Waals surface area (Å²) in [5.74, 6) is 0.544. The first kappa shape index (κ1) is 14.5. The molecule has 0 saturated carbocycles. The molecule has 0 radical (unpaired) electrons. The Hall–Kier alpha value is -1.92. The van der Waals surface area contributed by atoms with E-state index in [1.54, 1.807) is 17.2 Å². The average molecular weight is 294 g/mol. The van der Waals surface area contributed by atoms with Gasteiger partial charge in [0.25, 0.3) is 5.91 Å². The summed E-state index contributed by atoms with van der Waals surface area (Å²) in [6, 6.07) is 7.37. The van der Waals surface area contributed by atoms with E-state index in [4.69, 9.17) is 0 Å². The van der Waals surface area contributed by atoms with Gasteiger partial charge in [-0.25, -0.2) is 0 Å². The predicted octanol–water partition coefficient (Wildman–Crippen LogP) is 0.638. The minimum Gasteiger partial charge on any atom is -0.352 e. The zero-order valence-corrected chi connectivity index (χ0v) is 11.6. The highest BCUT2D eigenvalue weighted by molar-refractivity contribution is 5.94. The number of rotatable bonds is 4. The van der Waals surface area contributed by atoms with Crippen molar-refractivity contribution >= 4 is 18.3 Å². The number of carbonyl (C=O) groups is 1. The van der Waals surface area contributed by atoms with Crippen molar-refractivity contribution in [3.8, 4) is 5.69 Å². The van der Waals surface area contributed by atoms with Crippen LogP contribution in [0.4, 0.5) is 0 Å². The van der Waals surface area contributed by atoms with Crippen LogP contribution in [0.1, 0.15) is 10.4 Å². The lowest BCUT2D eigenvalue weighted by Gasteiger charge is -2.27. The quantitative estimate of drug-likeness (QED) is 0.868. The topological polar surface area (TPSA) is 71.8 Å². The lowest BCUT2D eigenvalue weighted by molar-refractivity contribution is 0.0942. The summed E-state index contributed by atoms with van der Waals surface area (Å²) in [6.07, 6.45) is 3.25. The maximum Gasteiger partial charge on any atom is 0.251 e. The Kier molecular flexibility index (Phi) is 4.70. The lowest BCUT2D eigenvalue weighted by atomic mass is 10.0. The first-order valence-corrected chi connectivity index (χ1v) is 6.27. The Morgan fingerprint density at radius 1 is 1.25 bits per heavy atom. The van der Waals surface area contributed by atoms with E-state index in [0.717, 1.165) is 25.3 Å². The molecule has 2 heterocycles. The summed E-state index contributed by atoms with van der Waals surface area (Å²) < 4.78 is 1.79. The Labute approximate surface area is 123 Å². The number of nitrogens with one attached hydrogen (secondary N) is 2. The van der Waals surface area contributed by atoms with Crippen LogP contribution in [0.3, 0.4) is 0 Å². The molecule has 0 atom stereocenters. The molecule has 1 aliphatic heterocycles. The zero-order valence-electron chi connectivity index (χ0n) is 10.8. The van der Waals surface area contributed by atoms with Crippen molar-refractivity contribution in [2.75, 3.05) is 19.6 Å². The number of benzene rings is 1. The van der Waals surface area contributed by atoms with Crippen LogP contribution in [-0.4, -0.2) is 40.3 Å². The molecular weight excluding hydrogens is 278 g/mol. The molecule has 2 aromatic rings. The predicted molar refractivity (Wildman–Crippen MR) is 77.3 cm³/mol. The van der Waals surface area contributed by atoms with Crippen molar-refractivity contribution < 1.29 is 4.79 Å². The molecule has 6 nitrogen and oxygen atoms in total. The van der Waals surface area contributed by atoms with Crippen molar-refractivity contribution in [1.29, 1.82) is 0 Å². The van der Waals surface area contributed by atoms with Crippen molar-refractivity contribution in [2.24, 2.45) is 5.92 Å². The monoisotopic (exact) mass is 293 g/mol. The molecule has 2 N–H and O–H groups in total. The van der Waals surface area contributed by atoms with Gasteiger partial charge in [-0.1, -0.05) is 0 Å². The third-order valence-electron chi connectivity index (χ3n) is 3.26. The minimum absolute atomic E-state index is 0. The summed E-state index contributed by atoms with van der Waals surface area (Å²) in [5.41, 5.74) is 1.61. The largest absolute Gasteiger partial charge is 0.352 e. The number of nitrogens with zero attached hydrogens (tertiary/aromatic N) is 3. The van der Waals surface area contributed by atoms with Crippen LogP contribution in [0.2, 0.25) is 0 Å². The molecule has 3 rings (SSSR count). The van der Waals surface area contributed by atoms with Gasteiger partial charge in [-0.15, -0.1) is 22.6 Å². The fourth-order valence-electron chi connectivity index (χ4n) is 1.95. The van der Waals surface area contributed by atoms with E-state index in [2.05, 4.69) is 20.8 Å². The molecule has 7 heteroatoms. The van der Waals surface area contributed by atoms with Crippen LogP contribution in [0, 0.1) is 5.92 Å². The fraction of sp³-hybridized carbons (Fsp3) is 0.308. The number of halogens is 1. The second-order valence-corrected chi connectivity index (χ2v) is 4.65. The number of aromatic nitrogens is 3. The molecule has 1 aliphatic rings. The molecule has 1 saturated heterocycles. The van der Waals surface area contributed by atoms with E-state index in [0.29, 0.717) is 11.5 Å². The van der Waals surface area contributed by atoms with Gasteiger partial charge in [0, 0.05) is 36.8 Å². The normalized spacial score (nSPS) is 14.2. The molecule has 1 amide bonds. The molecule has 1 aromatic carbocycles. The number of hydrogen-bond acceptors (Lipinski definition) is 4. The molecule has 0 aliphatic carbocycles. The van der Waals surface area contributed by atoms with Crippen LogP contribution in [-0.2, 0) is 0 Å². The lowest BCUT2D eigenvalue weighted by Crippen LogP contribution is -2.48. The third-order valence-corrected chi connectivity index (χ3v) is 3.26. The SMILES string of the molecule is Cl.O=C(NCC1CNC1)c1ccc(-n2cnnc2)cc1. The van der Waals surface area contributed by atoms with E-state index in [1.807, 2.05) is 24.3 Å². The van der Waals surface area contributed by atoms with E-state index in [1.165, 1.54) is 0 Å². The summed E-state index contributed by atoms with van der Waals surface area (Å²) >= 11 is 0. The second-order valence-electron chi connectivity index (χ2n) is 4.65. The van der Waals surface area contributed by atoms with Crippen LogP contribution in [0.15, 0.2) is 36.9 Å². The van der Waals surface area contributed by atoms with Gasteiger partial charge in [0.05, 0.1) is 0 Å². The molecule has 106 valence electrons. The molecule has 0 unspecified atom stereocenters. The summed E-state index contributed by atoms with van der Waals surface area (Å²) in [6.45, 7) is 2.72. The van der Waals surface area contributed by atoms with E-state index in [-0.39, 0.29) is 18.3 Å². The van der Waals surface area contributed by atoms with Crippen LogP contribution < -0.4 is 10.6 Å². The number of carbonyl (C=O) groups excluding carboxylic acids is 1. The Balaban J connectivity index is 0.00000147. The summed E-state index contributed by atoms with van der Waals surface area (Å²) in [5, 5.41) is 13.6. The highest BCUT2D eigenvalue weighted by Gasteiger charge is 2.17. The molecule has 1 aromatic heterocycles. The Bertz CT molecular complexity index is 551. The maximum atomic E-state index is 11.9. The average Bonchev–Trinajstić information content (AvgIpc) is 2.91. The highest BCUT2D eigenvalue weighted by Crippen LogP contribution is 2.09. The van der Waals surface area contributed by atoms with Crippen molar-refractivity contribution in [1.82, 2.24) is 25.4 Å². The van der Waals surface area contributed by atoms with Gasteiger partial charge in [0.1, 0.15) is 12.7 Å². The third kappa shape index (κ3) is 3.15. The minimum atomic E-state index is -0.0257. The Morgan fingerprint density at radius 3 is 2.45 bits per heavy atom. The van der Waals surface area contributed by atoms with Gasteiger partial charge in [-0.3, -0.25) is 9.36 Å². The van der Waals surface area contributed by atoms with Gasteiger partial charge < -0.3 is 10.6 Å². The van der Waals surface area contributed by atoms with Gasteiger partial charge in [0.2, 0.25) is 0 Å². The smallest absolute Gasteiger partial charge is 0.251 e. The van der Waals surface area contributed by atoms with E-state index in [9.17, 15) is 4.79 Å². The van der Waals surface area contributed by atoms with Crippen molar-refractivity contribution in [3.63, 3.8) is 0 Å². The Morgan fingerprint density at radius 2 is 1.90 bits per heavy atom. The maximum absolute atomic E-state index is 11.9. The van der Waals surface area contributed by atoms with Gasteiger partial charge >= 0.3 is 0 Å². The number of hydrogen-bond donors (Lipinski definition) is 2. The highest BCUT2D eigenvalue weighted by atomic mass is 35.5.